The summed E-state index contributed by atoms with van der Waals surface area (Å²) in [5.41, 5.74) is 0.567. The highest BCUT2D eigenvalue weighted by atomic mass is 16.5. The fraction of sp³-hybridized carbons (Fsp3) is 0.550. The van der Waals surface area contributed by atoms with E-state index in [9.17, 15) is 14.4 Å². The quantitative estimate of drug-likeness (QED) is 0.628. The molecule has 0 aromatic heterocycles. The molecule has 0 atom stereocenters. The van der Waals surface area contributed by atoms with Crippen molar-refractivity contribution in [2.45, 2.75) is 57.9 Å². The lowest BCUT2D eigenvalue weighted by molar-refractivity contribution is -0.122. The molecular formula is C20H28N2O4. The average molecular weight is 360 g/mol. The van der Waals surface area contributed by atoms with Crippen LogP contribution in [0.2, 0.25) is 0 Å². The summed E-state index contributed by atoms with van der Waals surface area (Å²) in [4.78, 5) is 35.7. The maximum absolute atomic E-state index is 12.1. The summed E-state index contributed by atoms with van der Waals surface area (Å²) in [6.07, 6.45) is 4.98. The molecule has 2 amide bonds. The maximum Gasteiger partial charge on any atom is 0.221 e. The van der Waals surface area contributed by atoms with Crippen molar-refractivity contribution < 1.29 is 19.1 Å². The van der Waals surface area contributed by atoms with E-state index in [2.05, 4.69) is 10.6 Å². The highest BCUT2D eigenvalue weighted by Crippen LogP contribution is 2.17. The smallest absolute Gasteiger partial charge is 0.221 e. The van der Waals surface area contributed by atoms with Gasteiger partial charge in [0, 0.05) is 37.4 Å². The van der Waals surface area contributed by atoms with E-state index < -0.39 is 0 Å². The van der Waals surface area contributed by atoms with Gasteiger partial charge < -0.3 is 15.4 Å². The van der Waals surface area contributed by atoms with E-state index in [1.807, 2.05) is 6.92 Å². The number of nitrogens with one attached hydrogen (secondary N) is 2. The predicted octanol–water partition coefficient (Wildman–Crippen LogP) is 2.61. The normalized spacial score (nSPS) is 14.0. The summed E-state index contributed by atoms with van der Waals surface area (Å²) < 4.78 is 5.34. The van der Waals surface area contributed by atoms with E-state index in [-0.39, 0.29) is 36.9 Å². The molecule has 0 unspecified atom stereocenters. The van der Waals surface area contributed by atoms with E-state index in [0.717, 1.165) is 18.6 Å². The molecule has 1 fully saturated rings. The minimum atomic E-state index is -0.210. The number of carbonyl (C=O) groups excluding carboxylic acids is 3. The highest BCUT2D eigenvalue weighted by molar-refractivity contribution is 5.98. The minimum Gasteiger partial charge on any atom is -0.494 e. The molecule has 6 heteroatoms. The first-order chi connectivity index (χ1) is 12.6. The summed E-state index contributed by atoms with van der Waals surface area (Å²) in [5, 5.41) is 5.68. The van der Waals surface area contributed by atoms with Gasteiger partial charge in [0.05, 0.1) is 6.61 Å². The number of benzene rings is 1. The summed E-state index contributed by atoms with van der Waals surface area (Å²) in [6.45, 7) is 2.77. The Morgan fingerprint density at radius 2 is 1.69 bits per heavy atom. The van der Waals surface area contributed by atoms with Crippen LogP contribution in [0.1, 0.15) is 62.2 Å². The molecule has 26 heavy (non-hydrogen) atoms. The molecule has 0 bridgehead atoms. The van der Waals surface area contributed by atoms with Gasteiger partial charge in [-0.2, -0.15) is 0 Å². The van der Waals surface area contributed by atoms with Crippen molar-refractivity contribution in [2.75, 3.05) is 13.2 Å². The molecule has 0 heterocycles. The zero-order chi connectivity index (χ0) is 18.8. The third-order valence-electron chi connectivity index (χ3n) is 4.46. The summed E-state index contributed by atoms with van der Waals surface area (Å²) in [7, 11) is 0. The monoisotopic (exact) mass is 360 g/mol. The lowest BCUT2D eigenvalue weighted by atomic mass is 10.1. The van der Waals surface area contributed by atoms with Crippen LogP contribution in [0.4, 0.5) is 0 Å². The standard InChI is InChI=1S/C20H28N2O4/c1-2-26-17-9-7-15(8-10-17)18(23)11-12-19(24)21-14-13-20(25)22-16-5-3-4-6-16/h7-10,16H,2-6,11-14H2,1H3,(H,21,24)(H,22,25). The van der Waals surface area contributed by atoms with Gasteiger partial charge in [-0.1, -0.05) is 12.8 Å². The summed E-state index contributed by atoms with van der Waals surface area (Å²) in [5.74, 6) is 0.403. The summed E-state index contributed by atoms with van der Waals surface area (Å²) >= 11 is 0. The Labute approximate surface area is 154 Å². The lowest BCUT2D eigenvalue weighted by Crippen LogP contribution is -2.35. The molecule has 1 aliphatic rings. The Hall–Kier alpha value is -2.37. The van der Waals surface area contributed by atoms with E-state index in [0.29, 0.717) is 24.8 Å². The number of rotatable bonds is 10. The zero-order valence-electron chi connectivity index (χ0n) is 15.4. The Kier molecular flexibility index (Phi) is 8.12. The van der Waals surface area contributed by atoms with Crippen LogP contribution in [-0.2, 0) is 9.59 Å². The Bertz CT molecular complexity index is 607. The second kappa shape index (κ2) is 10.6. The lowest BCUT2D eigenvalue weighted by Gasteiger charge is -2.12. The number of hydrogen-bond donors (Lipinski definition) is 2. The first-order valence-corrected chi connectivity index (χ1v) is 9.40. The van der Waals surface area contributed by atoms with Gasteiger partial charge in [-0.3, -0.25) is 14.4 Å². The van der Waals surface area contributed by atoms with Gasteiger partial charge in [-0.05, 0) is 44.0 Å². The Balaban J connectivity index is 1.61. The van der Waals surface area contributed by atoms with Crippen LogP contribution >= 0.6 is 0 Å². The second-order valence-corrected chi connectivity index (χ2v) is 6.53. The van der Waals surface area contributed by atoms with Crippen LogP contribution in [0, 0.1) is 0 Å². The molecule has 1 aromatic carbocycles. The van der Waals surface area contributed by atoms with E-state index in [4.69, 9.17) is 4.74 Å². The molecule has 1 aromatic rings. The molecule has 1 saturated carbocycles. The van der Waals surface area contributed by atoms with Crippen LogP contribution in [0.5, 0.6) is 5.75 Å². The van der Waals surface area contributed by atoms with Crippen LogP contribution < -0.4 is 15.4 Å². The van der Waals surface area contributed by atoms with Crippen molar-refractivity contribution in [3.05, 3.63) is 29.8 Å². The van der Waals surface area contributed by atoms with Gasteiger partial charge >= 0.3 is 0 Å². The molecule has 6 nitrogen and oxygen atoms in total. The van der Waals surface area contributed by atoms with Gasteiger partial charge in [0.2, 0.25) is 11.8 Å². The SMILES string of the molecule is CCOc1ccc(C(=O)CCC(=O)NCCC(=O)NC2CCCC2)cc1. The number of ether oxygens (including phenoxy) is 1. The highest BCUT2D eigenvalue weighted by Gasteiger charge is 2.17. The minimum absolute atomic E-state index is 0.0253. The van der Waals surface area contributed by atoms with Crippen molar-refractivity contribution in [1.82, 2.24) is 10.6 Å². The van der Waals surface area contributed by atoms with Crippen LogP contribution in [0.15, 0.2) is 24.3 Å². The number of ketones is 1. The van der Waals surface area contributed by atoms with Gasteiger partial charge in [0.25, 0.3) is 0 Å². The topological polar surface area (TPSA) is 84.5 Å². The first-order valence-electron chi connectivity index (χ1n) is 9.40. The third kappa shape index (κ3) is 6.86. The molecule has 0 radical (unpaired) electrons. The average Bonchev–Trinajstić information content (AvgIpc) is 3.13. The van der Waals surface area contributed by atoms with Gasteiger partial charge in [-0.15, -0.1) is 0 Å². The fourth-order valence-corrected chi connectivity index (χ4v) is 3.05. The summed E-state index contributed by atoms with van der Waals surface area (Å²) in [6, 6.07) is 7.21. The predicted molar refractivity (Wildman–Crippen MR) is 99.2 cm³/mol. The number of carbonyl (C=O) groups is 3. The molecule has 0 spiro atoms. The molecule has 2 N–H and O–H groups in total. The van der Waals surface area contributed by atoms with Crippen molar-refractivity contribution >= 4 is 17.6 Å². The maximum atomic E-state index is 12.1. The van der Waals surface area contributed by atoms with Gasteiger partial charge in [-0.25, -0.2) is 0 Å². The fourth-order valence-electron chi connectivity index (χ4n) is 3.05. The van der Waals surface area contributed by atoms with Crippen LogP contribution in [-0.4, -0.2) is 36.8 Å². The molecule has 0 saturated heterocycles. The Morgan fingerprint density at radius 1 is 1.00 bits per heavy atom. The van der Waals surface area contributed by atoms with Crippen LogP contribution in [0.25, 0.3) is 0 Å². The van der Waals surface area contributed by atoms with Crippen molar-refractivity contribution in [2.24, 2.45) is 0 Å². The zero-order valence-corrected chi connectivity index (χ0v) is 15.4. The van der Waals surface area contributed by atoms with Crippen LogP contribution in [0.3, 0.4) is 0 Å². The van der Waals surface area contributed by atoms with E-state index >= 15 is 0 Å². The number of amides is 2. The van der Waals surface area contributed by atoms with E-state index in [1.165, 1.54) is 12.8 Å². The molecule has 142 valence electrons. The third-order valence-corrected chi connectivity index (χ3v) is 4.46. The largest absolute Gasteiger partial charge is 0.494 e. The van der Waals surface area contributed by atoms with Gasteiger partial charge in [0.1, 0.15) is 5.75 Å². The van der Waals surface area contributed by atoms with Crippen molar-refractivity contribution in [1.29, 1.82) is 0 Å². The molecule has 2 rings (SSSR count). The first kappa shape index (κ1) is 19.9. The second-order valence-electron chi connectivity index (χ2n) is 6.53. The molecule has 1 aliphatic carbocycles. The number of Topliss-reactive ketones (excluding diaryl/α,β-unsaturated/α-hetero) is 1. The van der Waals surface area contributed by atoms with E-state index in [1.54, 1.807) is 24.3 Å². The van der Waals surface area contributed by atoms with Crippen molar-refractivity contribution in [3.8, 4) is 5.75 Å². The Morgan fingerprint density at radius 3 is 2.35 bits per heavy atom. The molecular weight excluding hydrogens is 332 g/mol. The number of hydrogen-bond acceptors (Lipinski definition) is 4. The van der Waals surface area contributed by atoms with Gasteiger partial charge in [0.15, 0.2) is 5.78 Å². The van der Waals surface area contributed by atoms with Crippen molar-refractivity contribution in [3.63, 3.8) is 0 Å². The molecule has 0 aliphatic heterocycles.